The Morgan fingerprint density at radius 1 is 1.12 bits per heavy atom. The van der Waals surface area contributed by atoms with Crippen LogP contribution in [0.3, 0.4) is 0 Å². The van der Waals surface area contributed by atoms with E-state index in [2.05, 4.69) is 16.0 Å². The minimum absolute atomic E-state index is 0.181. The first-order valence-corrected chi connectivity index (χ1v) is 11.1. The molecule has 11 heteroatoms. The molecule has 0 fully saturated rings. The van der Waals surface area contributed by atoms with Crippen LogP contribution in [0.1, 0.15) is 26.2 Å². The Hall–Kier alpha value is -1.08. The Labute approximate surface area is 171 Å². The van der Waals surface area contributed by atoms with Crippen LogP contribution in [-0.2, 0) is 19.2 Å². The Balaban J connectivity index is 4.83. The highest BCUT2D eigenvalue weighted by atomic mass is 127. The highest BCUT2D eigenvalue weighted by molar-refractivity contribution is 14.1. The number of alkyl halides is 1. The minimum atomic E-state index is -1.28. The summed E-state index contributed by atoms with van der Waals surface area (Å²) in [5.41, 5.74) is 5.79. The maximum atomic E-state index is 12.4. The van der Waals surface area contributed by atoms with Gasteiger partial charge in [-0.25, -0.2) is 4.79 Å². The fraction of sp³-hybridized carbons (Fsp3) is 0.733. The van der Waals surface area contributed by atoms with Gasteiger partial charge in [-0.05, 0) is 24.9 Å². The topological polar surface area (TPSA) is 151 Å². The standard InChI is InChI=1S/C15H27IN4O5S/c1-3-4-10(19-13(22)9(17)5-6-26-2)14(23)20-11(15(24)25)8-18-12(21)7-16/h9-11H,3-8,17H2,1-2H3,(H,18,21)(H,19,22)(H,20,23)(H,24,25)/t9-,10-,11-/m0/s1. The molecule has 9 nitrogen and oxygen atoms in total. The summed E-state index contributed by atoms with van der Waals surface area (Å²) in [4.78, 5) is 47.1. The number of nitrogens with two attached hydrogens (primary N) is 1. The summed E-state index contributed by atoms with van der Waals surface area (Å²) in [7, 11) is 0. The van der Waals surface area contributed by atoms with Crippen molar-refractivity contribution in [3.8, 4) is 0 Å². The lowest BCUT2D eigenvalue weighted by atomic mass is 10.1. The van der Waals surface area contributed by atoms with E-state index in [-0.39, 0.29) is 16.9 Å². The van der Waals surface area contributed by atoms with Crippen LogP contribution in [0, 0.1) is 0 Å². The van der Waals surface area contributed by atoms with E-state index in [1.165, 1.54) is 0 Å². The van der Waals surface area contributed by atoms with Crippen LogP contribution in [0.4, 0.5) is 0 Å². The Morgan fingerprint density at radius 3 is 2.23 bits per heavy atom. The highest BCUT2D eigenvalue weighted by Gasteiger charge is 2.27. The molecule has 0 spiro atoms. The van der Waals surface area contributed by atoms with Crippen molar-refractivity contribution in [3.63, 3.8) is 0 Å². The number of nitrogens with one attached hydrogen (secondary N) is 3. The van der Waals surface area contributed by atoms with Gasteiger partial charge in [-0.3, -0.25) is 14.4 Å². The molecule has 3 amide bonds. The summed E-state index contributed by atoms with van der Waals surface area (Å²) in [5, 5.41) is 16.6. The average Bonchev–Trinajstić information content (AvgIpc) is 2.61. The predicted octanol–water partition coefficient (Wildman–Crippen LogP) is -0.528. The Bertz CT molecular complexity index is 495. The van der Waals surface area contributed by atoms with Gasteiger partial charge in [-0.1, -0.05) is 35.9 Å². The van der Waals surface area contributed by atoms with E-state index in [0.29, 0.717) is 19.3 Å². The maximum absolute atomic E-state index is 12.4. The normalized spacial score (nSPS) is 14.0. The number of aliphatic carboxylic acids is 1. The fourth-order valence-electron chi connectivity index (χ4n) is 1.95. The molecular formula is C15H27IN4O5S. The lowest BCUT2D eigenvalue weighted by molar-refractivity contribution is -0.142. The molecular weight excluding hydrogens is 475 g/mol. The van der Waals surface area contributed by atoms with Gasteiger partial charge in [0.15, 0.2) is 0 Å². The number of carboxylic acid groups (broad SMARTS) is 1. The summed E-state index contributed by atoms with van der Waals surface area (Å²) in [6.45, 7) is 1.61. The monoisotopic (exact) mass is 502 g/mol. The number of rotatable bonds is 13. The molecule has 0 aliphatic heterocycles. The Morgan fingerprint density at radius 2 is 1.73 bits per heavy atom. The molecule has 0 aromatic rings. The number of hydrogen-bond acceptors (Lipinski definition) is 6. The van der Waals surface area contributed by atoms with Gasteiger partial charge < -0.3 is 26.8 Å². The summed E-state index contributed by atoms with van der Waals surface area (Å²) in [6.07, 6.45) is 3.34. The summed E-state index contributed by atoms with van der Waals surface area (Å²) >= 11 is 3.41. The van der Waals surface area contributed by atoms with E-state index < -0.39 is 35.9 Å². The molecule has 0 radical (unpaired) electrons. The van der Waals surface area contributed by atoms with Gasteiger partial charge in [0, 0.05) is 6.54 Å². The smallest absolute Gasteiger partial charge is 0.328 e. The van der Waals surface area contributed by atoms with Crippen LogP contribution < -0.4 is 21.7 Å². The number of amides is 3. The van der Waals surface area contributed by atoms with Crippen molar-refractivity contribution in [1.82, 2.24) is 16.0 Å². The van der Waals surface area contributed by atoms with Gasteiger partial charge in [-0.15, -0.1) is 0 Å². The summed E-state index contributed by atoms with van der Waals surface area (Å²) in [5.74, 6) is -1.95. The molecule has 0 aromatic heterocycles. The van der Waals surface area contributed by atoms with Gasteiger partial charge in [0.05, 0.1) is 10.5 Å². The van der Waals surface area contributed by atoms with Crippen molar-refractivity contribution in [2.24, 2.45) is 5.73 Å². The minimum Gasteiger partial charge on any atom is -0.480 e. The van der Waals surface area contributed by atoms with Gasteiger partial charge in [0.25, 0.3) is 0 Å². The molecule has 0 aliphatic carbocycles. The van der Waals surface area contributed by atoms with Crippen LogP contribution in [0.2, 0.25) is 0 Å². The molecule has 0 unspecified atom stereocenters. The molecule has 0 aromatic carbocycles. The number of hydrogen-bond donors (Lipinski definition) is 5. The van der Waals surface area contributed by atoms with Crippen molar-refractivity contribution in [1.29, 1.82) is 0 Å². The van der Waals surface area contributed by atoms with E-state index in [0.717, 1.165) is 5.75 Å². The molecule has 0 aliphatic rings. The quantitative estimate of drug-likeness (QED) is 0.168. The number of carbonyl (C=O) groups excluding carboxylic acids is 3. The number of carbonyl (C=O) groups is 4. The second-order valence-corrected chi connectivity index (χ2v) is 7.32. The molecule has 150 valence electrons. The average molecular weight is 502 g/mol. The first-order valence-electron chi connectivity index (χ1n) is 8.17. The predicted molar refractivity (Wildman–Crippen MR) is 109 cm³/mol. The number of halogens is 1. The third-order valence-electron chi connectivity index (χ3n) is 3.42. The second kappa shape index (κ2) is 14.0. The third-order valence-corrected chi connectivity index (χ3v) is 4.76. The SMILES string of the molecule is CCC[C@H](NC(=O)[C@@H](N)CCSC)C(=O)N[C@@H](CNC(=O)CI)C(=O)O. The maximum Gasteiger partial charge on any atom is 0.328 e. The first-order chi connectivity index (χ1) is 12.3. The van der Waals surface area contributed by atoms with Crippen molar-refractivity contribution < 1.29 is 24.3 Å². The van der Waals surface area contributed by atoms with E-state index in [1.54, 1.807) is 11.8 Å². The summed E-state index contributed by atoms with van der Waals surface area (Å²) in [6, 6.07) is -2.89. The number of carboxylic acids is 1. The van der Waals surface area contributed by atoms with E-state index in [4.69, 9.17) is 5.73 Å². The van der Waals surface area contributed by atoms with Gasteiger partial charge in [-0.2, -0.15) is 11.8 Å². The third kappa shape index (κ3) is 10.2. The van der Waals surface area contributed by atoms with Crippen molar-refractivity contribution in [2.45, 2.75) is 44.3 Å². The van der Waals surface area contributed by atoms with Crippen molar-refractivity contribution in [2.75, 3.05) is 23.0 Å². The lowest BCUT2D eigenvalue weighted by Crippen LogP contribution is -2.56. The highest BCUT2D eigenvalue weighted by Crippen LogP contribution is 2.02. The van der Waals surface area contributed by atoms with Crippen LogP contribution in [0.25, 0.3) is 0 Å². The van der Waals surface area contributed by atoms with Crippen LogP contribution in [0.15, 0.2) is 0 Å². The van der Waals surface area contributed by atoms with Crippen LogP contribution in [0.5, 0.6) is 0 Å². The molecule has 6 N–H and O–H groups in total. The zero-order chi connectivity index (χ0) is 20.1. The zero-order valence-corrected chi connectivity index (χ0v) is 17.9. The fourth-order valence-corrected chi connectivity index (χ4v) is 2.71. The number of thioether (sulfide) groups is 1. The molecule has 0 saturated heterocycles. The van der Waals surface area contributed by atoms with Crippen molar-refractivity contribution >= 4 is 58.0 Å². The molecule has 0 heterocycles. The molecule has 0 rings (SSSR count). The Kier molecular flexibility index (Phi) is 13.5. The largest absolute Gasteiger partial charge is 0.480 e. The van der Waals surface area contributed by atoms with Gasteiger partial charge >= 0.3 is 5.97 Å². The molecule has 0 bridgehead atoms. The molecule has 26 heavy (non-hydrogen) atoms. The van der Waals surface area contributed by atoms with Gasteiger partial charge in [0.2, 0.25) is 17.7 Å². The van der Waals surface area contributed by atoms with E-state index >= 15 is 0 Å². The van der Waals surface area contributed by atoms with E-state index in [9.17, 15) is 24.3 Å². The van der Waals surface area contributed by atoms with E-state index in [1.807, 2.05) is 35.8 Å². The second-order valence-electron chi connectivity index (χ2n) is 5.57. The van der Waals surface area contributed by atoms with Crippen molar-refractivity contribution in [3.05, 3.63) is 0 Å². The molecule has 3 atom stereocenters. The lowest BCUT2D eigenvalue weighted by Gasteiger charge is -2.22. The zero-order valence-electron chi connectivity index (χ0n) is 14.9. The van der Waals surface area contributed by atoms with Gasteiger partial charge in [0.1, 0.15) is 12.1 Å². The van der Waals surface area contributed by atoms with Crippen LogP contribution in [-0.4, -0.2) is 69.9 Å². The first kappa shape index (κ1) is 24.9. The summed E-state index contributed by atoms with van der Waals surface area (Å²) < 4.78 is 0.181. The molecule has 0 saturated carbocycles. The van der Waals surface area contributed by atoms with Crippen LogP contribution >= 0.6 is 34.4 Å².